The van der Waals surface area contributed by atoms with E-state index in [0.29, 0.717) is 12.1 Å². The van der Waals surface area contributed by atoms with Crippen LogP contribution < -0.4 is 0 Å². The van der Waals surface area contributed by atoms with Crippen LogP contribution in [0.1, 0.15) is 31.6 Å². The zero-order chi connectivity index (χ0) is 12.3. The van der Waals surface area contributed by atoms with E-state index in [0.717, 1.165) is 4.90 Å². The predicted octanol–water partition coefficient (Wildman–Crippen LogP) is 0.678. The number of aliphatic carboxylic acids is 1. The largest absolute Gasteiger partial charge is 0.479 e. The Balaban J connectivity index is 3.16. The van der Waals surface area contributed by atoms with Gasteiger partial charge in [0.1, 0.15) is 0 Å². The average Bonchev–Trinajstić information content (AvgIpc) is 2.66. The Hall–Kier alpha value is -1.85. The number of likely N-dealkylation sites (N-methyl/N-ethyl adjacent to an activating group) is 1. The number of aromatic nitrogens is 2. The van der Waals surface area contributed by atoms with Gasteiger partial charge in [0.15, 0.2) is 6.04 Å². The average molecular weight is 225 g/mol. The van der Waals surface area contributed by atoms with Gasteiger partial charge in [-0.1, -0.05) is 0 Å². The fraction of sp³-hybridized carbons (Fsp3) is 0.500. The Labute approximate surface area is 93.5 Å². The van der Waals surface area contributed by atoms with E-state index in [1.54, 1.807) is 10.9 Å². The van der Waals surface area contributed by atoms with E-state index in [1.165, 1.54) is 13.2 Å². The molecule has 1 amide bonds. The second-order valence-corrected chi connectivity index (χ2v) is 3.83. The molecule has 0 aliphatic rings. The van der Waals surface area contributed by atoms with Crippen molar-refractivity contribution in [3.05, 3.63) is 18.2 Å². The summed E-state index contributed by atoms with van der Waals surface area (Å²) < 4.78 is 1.73. The summed E-state index contributed by atoms with van der Waals surface area (Å²) in [7, 11) is 1.43. The molecule has 1 aromatic rings. The lowest BCUT2D eigenvalue weighted by Crippen LogP contribution is -2.31. The van der Waals surface area contributed by atoms with Gasteiger partial charge in [0, 0.05) is 13.1 Å². The van der Waals surface area contributed by atoms with Crippen LogP contribution in [0.25, 0.3) is 0 Å². The number of carboxylic acids is 1. The van der Waals surface area contributed by atoms with E-state index >= 15 is 0 Å². The van der Waals surface area contributed by atoms with Gasteiger partial charge in [0.05, 0.1) is 18.2 Å². The maximum Gasteiger partial charge on any atom is 0.332 e. The van der Waals surface area contributed by atoms with Crippen LogP contribution in [0.5, 0.6) is 0 Å². The van der Waals surface area contributed by atoms with Crippen molar-refractivity contribution in [1.29, 1.82) is 0 Å². The van der Waals surface area contributed by atoms with Crippen LogP contribution in [0.4, 0.5) is 0 Å². The normalized spacial score (nSPS) is 12.5. The van der Waals surface area contributed by atoms with E-state index in [-0.39, 0.29) is 6.04 Å². The molecular weight excluding hydrogens is 210 g/mol. The minimum atomic E-state index is -1.07. The molecule has 0 spiro atoms. The van der Waals surface area contributed by atoms with Crippen molar-refractivity contribution in [2.45, 2.75) is 25.9 Å². The summed E-state index contributed by atoms with van der Waals surface area (Å²) in [5.41, 5.74) is 0.497. The van der Waals surface area contributed by atoms with Gasteiger partial charge in [-0.15, -0.1) is 0 Å². The standard InChI is InChI=1S/C10H15N3O3/c1-7(2)13-5-11-4-8(13)9(10(15)16)12(3)6-14/h4-7,9H,1-3H3,(H,15,16). The van der Waals surface area contributed by atoms with Gasteiger partial charge in [-0.3, -0.25) is 4.79 Å². The zero-order valence-electron chi connectivity index (χ0n) is 9.49. The van der Waals surface area contributed by atoms with Crippen molar-refractivity contribution in [1.82, 2.24) is 14.5 Å². The molecule has 88 valence electrons. The highest BCUT2D eigenvalue weighted by atomic mass is 16.4. The number of carboxylic acid groups (broad SMARTS) is 1. The maximum absolute atomic E-state index is 11.1. The molecule has 0 aliphatic carbocycles. The molecule has 0 saturated carbocycles. The van der Waals surface area contributed by atoms with Crippen molar-refractivity contribution in [2.24, 2.45) is 0 Å². The first kappa shape index (κ1) is 12.2. The molecule has 6 nitrogen and oxygen atoms in total. The highest BCUT2D eigenvalue weighted by molar-refractivity contribution is 5.77. The third-order valence-electron chi connectivity index (χ3n) is 2.34. The number of amides is 1. The third kappa shape index (κ3) is 2.21. The van der Waals surface area contributed by atoms with Crippen molar-refractivity contribution >= 4 is 12.4 Å². The molecule has 1 atom stereocenters. The number of carbonyl (C=O) groups is 2. The summed E-state index contributed by atoms with van der Waals surface area (Å²) in [5.74, 6) is -1.07. The van der Waals surface area contributed by atoms with Crippen LogP contribution in [0.3, 0.4) is 0 Å². The molecule has 0 fully saturated rings. The molecule has 16 heavy (non-hydrogen) atoms. The molecule has 1 N–H and O–H groups in total. The molecule has 0 bridgehead atoms. The number of hydrogen-bond donors (Lipinski definition) is 1. The summed E-state index contributed by atoms with van der Waals surface area (Å²) in [5, 5.41) is 9.11. The molecule has 1 aromatic heterocycles. The lowest BCUT2D eigenvalue weighted by molar-refractivity contribution is -0.146. The second kappa shape index (κ2) is 4.78. The molecule has 0 aromatic carbocycles. The summed E-state index contributed by atoms with van der Waals surface area (Å²) in [6, 6.07) is -0.901. The van der Waals surface area contributed by atoms with Crippen LogP contribution in [-0.4, -0.2) is 39.0 Å². The van der Waals surface area contributed by atoms with Crippen molar-refractivity contribution in [2.75, 3.05) is 7.05 Å². The first-order chi connectivity index (χ1) is 7.49. The summed E-state index contributed by atoms with van der Waals surface area (Å²) >= 11 is 0. The van der Waals surface area contributed by atoms with Gasteiger partial charge in [0.2, 0.25) is 6.41 Å². The molecule has 1 rings (SSSR count). The first-order valence-electron chi connectivity index (χ1n) is 4.90. The van der Waals surface area contributed by atoms with E-state index in [4.69, 9.17) is 5.11 Å². The summed E-state index contributed by atoms with van der Waals surface area (Å²) in [4.78, 5) is 26.8. The highest BCUT2D eigenvalue weighted by Crippen LogP contribution is 2.21. The van der Waals surface area contributed by atoms with Gasteiger partial charge in [-0.25, -0.2) is 9.78 Å². The fourth-order valence-corrected chi connectivity index (χ4v) is 1.53. The van der Waals surface area contributed by atoms with Gasteiger partial charge < -0.3 is 14.6 Å². The number of nitrogens with zero attached hydrogens (tertiary/aromatic N) is 3. The Kier molecular flexibility index (Phi) is 3.65. The van der Waals surface area contributed by atoms with E-state index in [2.05, 4.69) is 4.98 Å². The Morgan fingerprint density at radius 3 is 2.69 bits per heavy atom. The third-order valence-corrected chi connectivity index (χ3v) is 2.34. The minimum absolute atomic E-state index is 0.0967. The first-order valence-corrected chi connectivity index (χ1v) is 4.90. The number of imidazole rings is 1. The van der Waals surface area contributed by atoms with Crippen molar-refractivity contribution in [3.63, 3.8) is 0 Å². The monoisotopic (exact) mass is 225 g/mol. The maximum atomic E-state index is 11.1. The zero-order valence-corrected chi connectivity index (χ0v) is 9.49. The van der Waals surface area contributed by atoms with Crippen LogP contribution in [0.2, 0.25) is 0 Å². The van der Waals surface area contributed by atoms with Crippen LogP contribution in [0, 0.1) is 0 Å². The predicted molar refractivity (Wildman–Crippen MR) is 56.8 cm³/mol. The van der Waals surface area contributed by atoms with Crippen LogP contribution >= 0.6 is 0 Å². The van der Waals surface area contributed by atoms with E-state index in [1.807, 2.05) is 13.8 Å². The molecule has 0 aliphatic heterocycles. The quantitative estimate of drug-likeness (QED) is 0.747. The van der Waals surface area contributed by atoms with E-state index in [9.17, 15) is 9.59 Å². The smallest absolute Gasteiger partial charge is 0.332 e. The topological polar surface area (TPSA) is 75.4 Å². The summed E-state index contributed by atoms with van der Waals surface area (Å²) in [6.07, 6.45) is 3.53. The fourth-order valence-electron chi connectivity index (χ4n) is 1.53. The van der Waals surface area contributed by atoms with Crippen LogP contribution in [-0.2, 0) is 9.59 Å². The molecule has 0 saturated heterocycles. The number of rotatable bonds is 5. The lowest BCUT2D eigenvalue weighted by atomic mass is 10.2. The van der Waals surface area contributed by atoms with Crippen LogP contribution in [0.15, 0.2) is 12.5 Å². The van der Waals surface area contributed by atoms with Gasteiger partial charge in [0.25, 0.3) is 0 Å². The number of hydrogen-bond acceptors (Lipinski definition) is 3. The Morgan fingerprint density at radius 1 is 1.62 bits per heavy atom. The highest BCUT2D eigenvalue weighted by Gasteiger charge is 2.27. The Morgan fingerprint density at radius 2 is 2.25 bits per heavy atom. The molecular formula is C10H15N3O3. The molecule has 6 heteroatoms. The van der Waals surface area contributed by atoms with Gasteiger partial charge in [-0.05, 0) is 13.8 Å². The van der Waals surface area contributed by atoms with Gasteiger partial charge >= 0.3 is 5.97 Å². The SMILES string of the molecule is CC(C)n1cncc1C(C(=O)O)N(C)C=O. The van der Waals surface area contributed by atoms with Crippen molar-refractivity contribution in [3.8, 4) is 0 Å². The molecule has 1 heterocycles. The molecule has 1 unspecified atom stereocenters. The molecule has 0 radical (unpaired) electrons. The van der Waals surface area contributed by atoms with Crippen molar-refractivity contribution < 1.29 is 14.7 Å². The summed E-state index contributed by atoms with van der Waals surface area (Å²) in [6.45, 7) is 3.84. The van der Waals surface area contributed by atoms with E-state index < -0.39 is 12.0 Å². The lowest BCUT2D eigenvalue weighted by Gasteiger charge is -2.23. The number of carbonyl (C=O) groups excluding carboxylic acids is 1. The Bertz CT molecular complexity index is 386. The van der Waals surface area contributed by atoms with Gasteiger partial charge in [-0.2, -0.15) is 0 Å². The minimum Gasteiger partial charge on any atom is -0.479 e. The second-order valence-electron chi connectivity index (χ2n) is 3.83.